The molecule has 0 unspecified atom stereocenters. The summed E-state index contributed by atoms with van der Waals surface area (Å²) in [5, 5.41) is 10.9. The summed E-state index contributed by atoms with van der Waals surface area (Å²) in [5.41, 5.74) is 0.599. The Hall–Kier alpha value is -2.11. The summed E-state index contributed by atoms with van der Waals surface area (Å²) in [7, 11) is 0. The lowest BCUT2D eigenvalue weighted by atomic mass is 10.1. The lowest BCUT2D eigenvalue weighted by Crippen LogP contribution is -2.32. The Morgan fingerprint density at radius 1 is 1.50 bits per heavy atom. The van der Waals surface area contributed by atoms with Crippen molar-refractivity contribution in [3.05, 3.63) is 33.9 Å². The number of nitro benzene ring substituents is 1. The zero-order valence-corrected chi connectivity index (χ0v) is 10.1. The van der Waals surface area contributed by atoms with Crippen molar-refractivity contribution in [1.29, 1.82) is 0 Å². The molecule has 1 aromatic carbocycles. The number of nitrogens with zero attached hydrogens (tertiary/aromatic N) is 2. The molecule has 1 aliphatic rings. The summed E-state index contributed by atoms with van der Waals surface area (Å²) in [4.78, 5) is 23.9. The fraction of sp³-hybridized carbons (Fsp3) is 0.417. The Morgan fingerprint density at radius 3 is 2.94 bits per heavy atom. The van der Waals surface area contributed by atoms with Gasteiger partial charge in [-0.3, -0.25) is 14.9 Å². The van der Waals surface area contributed by atoms with Crippen LogP contribution in [0.2, 0.25) is 0 Å². The molecule has 6 heteroatoms. The summed E-state index contributed by atoms with van der Waals surface area (Å²) in [6.07, 6.45) is 0.843. The highest BCUT2D eigenvalue weighted by Crippen LogP contribution is 2.33. The van der Waals surface area contributed by atoms with E-state index in [1.54, 1.807) is 17.0 Å². The van der Waals surface area contributed by atoms with Crippen LogP contribution in [0, 0.1) is 10.1 Å². The molecular formula is C12H14N2O4. The van der Waals surface area contributed by atoms with E-state index in [0.29, 0.717) is 18.7 Å². The molecule has 0 N–H and O–H groups in total. The molecule has 0 bridgehead atoms. The van der Waals surface area contributed by atoms with Crippen molar-refractivity contribution in [3.63, 3.8) is 0 Å². The molecule has 0 saturated carbocycles. The molecule has 0 spiro atoms. The highest BCUT2D eigenvalue weighted by atomic mass is 16.6. The molecule has 2 rings (SSSR count). The third kappa shape index (κ3) is 2.27. The van der Waals surface area contributed by atoms with E-state index in [1.165, 1.54) is 6.07 Å². The van der Waals surface area contributed by atoms with Crippen LogP contribution < -0.4 is 4.74 Å². The highest BCUT2D eigenvalue weighted by Gasteiger charge is 2.26. The Bertz CT molecular complexity index is 487. The number of carbonyl (C=O) groups is 1. The predicted molar refractivity (Wildman–Crippen MR) is 64.3 cm³/mol. The summed E-state index contributed by atoms with van der Waals surface area (Å²) in [6, 6.07) is 4.75. The first-order valence-corrected chi connectivity index (χ1v) is 5.80. The zero-order chi connectivity index (χ0) is 13.1. The van der Waals surface area contributed by atoms with Crippen molar-refractivity contribution < 1.29 is 14.5 Å². The minimum absolute atomic E-state index is 0.0846. The van der Waals surface area contributed by atoms with E-state index >= 15 is 0 Å². The van der Waals surface area contributed by atoms with E-state index in [9.17, 15) is 14.9 Å². The first kappa shape index (κ1) is 12.3. The van der Waals surface area contributed by atoms with Crippen molar-refractivity contribution in [2.75, 3.05) is 13.2 Å². The number of hydrogen-bond donors (Lipinski definition) is 0. The van der Waals surface area contributed by atoms with Crippen molar-refractivity contribution in [2.24, 2.45) is 0 Å². The van der Waals surface area contributed by atoms with Gasteiger partial charge in [0, 0.05) is 24.7 Å². The summed E-state index contributed by atoms with van der Waals surface area (Å²) >= 11 is 0. The van der Waals surface area contributed by atoms with Crippen LogP contribution in [0.5, 0.6) is 5.75 Å². The number of amides is 1. The molecule has 1 heterocycles. The summed E-state index contributed by atoms with van der Waals surface area (Å²) < 4.78 is 5.30. The quantitative estimate of drug-likeness (QED) is 0.605. The Balaban J connectivity index is 2.38. The van der Waals surface area contributed by atoms with E-state index in [4.69, 9.17) is 4.74 Å². The van der Waals surface area contributed by atoms with Gasteiger partial charge in [-0.05, 0) is 6.42 Å². The van der Waals surface area contributed by atoms with Crippen molar-refractivity contribution in [3.8, 4) is 5.75 Å². The molecule has 18 heavy (non-hydrogen) atoms. The lowest BCUT2D eigenvalue weighted by molar-refractivity contribution is -0.385. The molecule has 0 saturated heterocycles. The molecule has 0 aromatic heterocycles. The minimum atomic E-state index is -0.487. The van der Waals surface area contributed by atoms with Crippen LogP contribution in [0.4, 0.5) is 5.69 Å². The molecule has 0 aliphatic carbocycles. The molecule has 1 aromatic rings. The normalized spacial score (nSPS) is 14.7. The maximum atomic E-state index is 11.8. The van der Waals surface area contributed by atoms with Crippen LogP contribution in [0.1, 0.15) is 18.9 Å². The molecule has 1 amide bonds. The second-order valence-corrected chi connectivity index (χ2v) is 4.13. The third-order valence-corrected chi connectivity index (χ3v) is 2.82. The van der Waals surface area contributed by atoms with Crippen LogP contribution in [0.3, 0.4) is 0 Å². The van der Waals surface area contributed by atoms with E-state index in [1.807, 2.05) is 6.92 Å². The van der Waals surface area contributed by atoms with Gasteiger partial charge in [0.05, 0.1) is 4.92 Å². The third-order valence-electron chi connectivity index (χ3n) is 2.82. The van der Waals surface area contributed by atoms with Crippen molar-refractivity contribution >= 4 is 11.6 Å². The fourth-order valence-electron chi connectivity index (χ4n) is 2.00. The van der Waals surface area contributed by atoms with E-state index in [-0.39, 0.29) is 24.0 Å². The molecular weight excluding hydrogens is 236 g/mol. The summed E-state index contributed by atoms with van der Waals surface area (Å²) in [5.74, 6) is 0.0804. The number of nitro groups is 1. The number of ether oxygens (including phenoxy) is 1. The largest absolute Gasteiger partial charge is 0.476 e. The molecule has 0 atom stereocenters. The Kier molecular flexibility index (Phi) is 3.45. The van der Waals surface area contributed by atoms with Gasteiger partial charge >= 0.3 is 5.69 Å². The predicted octanol–water partition coefficient (Wildman–Crippen LogP) is 1.73. The Labute approximate surface area is 104 Å². The van der Waals surface area contributed by atoms with Gasteiger partial charge in [-0.1, -0.05) is 19.1 Å². The second kappa shape index (κ2) is 5.03. The van der Waals surface area contributed by atoms with Gasteiger partial charge in [0.2, 0.25) is 5.75 Å². The number of fused-ring (bicyclic) bond motifs is 1. The molecule has 96 valence electrons. The molecule has 0 radical (unpaired) electrons. The standard InChI is InChI=1S/C12H14N2O4/c1-2-6-13-7-9-4-3-5-10(14(16)17)12(9)18-8-11(13)15/h3-5H,2,6-8H2,1H3. The zero-order valence-electron chi connectivity index (χ0n) is 10.1. The van der Waals surface area contributed by atoms with Crippen LogP contribution in [-0.4, -0.2) is 28.9 Å². The SMILES string of the molecule is CCCN1Cc2cccc([N+](=O)[O-])c2OCC1=O. The van der Waals surface area contributed by atoms with Crippen molar-refractivity contribution in [2.45, 2.75) is 19.9 Å². The maximum Gasteiger partial charge on any atom is 0.311 e. The van der Waals surface area contributed by atoms with E-state index < -0.39 is 4.92 Å². The molecule has 0 fully saturated rings. The second-order valence-electron chi connectivity index (χ2n) is 4.13. The van der Waals surface area contributed by atoms with Crippen LogP contribution in [0.15, 0.2) is 18.2 Å². The molecule has 6 nitrogen and oxygen atoms in total. The average Bonchev–Trinajstić information content (AvgIpc) is 2.50. The number of rotatable bonds is 3. The highest BCUT2D eigenvalue weighted by molar-refractivity contribution is 5.79. The minimum Gasteiger partial charge on any atom is -0.476 e. The van der Waals surface area contributed by atoms with Gasteiger partial charge < -0.3 is 9.64 Å². The van der Waals surface area contributed by atoms with Gasteiger partial charge in [-0.2, -0.15) is 0 Å². The first-order chi connectivity index (χ1) is 8.63. The maximum absolute atomic E-state index is 11.8. The van der Waals surface area contributed by atoms with Crippen LogP contribution >= 0.6 is 0 Å². The number of hydrogen-bond acceptors (Lipinski definition) is 4. The lowest BCUT2D eigenvalue weighted by Gasteiger charge is -2.18. The monoisotopic (exact) mass is 250 g/mol. The number of benzene rings is 1. The van der Waals surface area contributed by atoms with E-state index in [2.05, 4.69) is 0 Å². The average molecular weight is 250 g/mol. The number of para-hydroxylation sites is 1. The summed E-state index contributed by atoms with van der Waals surface area (Å²) in [6.45, 7) is 2.83. The number of carbonyl (C=O) groups excluding carboxylic acids is 1. The smallest absolute Gasteiger partial charge is 0.311 e. The van der Waals surface area contributed by atoms with Gasteiger partial charge in [-0.25, -0.2) is 0 Å². The van der Waals surface area contributed by atoms with Crippen LogP contribution in [0.25, 0.3) is 0 Å². The van der Waals surface area contributed by atoms with Crippen molar-refractivity contribution in [1.82, 2.24) is 4.90 Å². The molecule has 1 aliphatic heterocycles. The first-order valence-electron chi connectivity index (χ1n) is 5.80. The topological polar surface area (TPSA) is 72.7 Å². The fourth-order valence-corrected chi connectivity index (χ4v) is 2.00. The van der Waals surface area contributed by atoms with Gasteiger partial charge in [0.25, 0.3) is 5.91 Å². The van der Waals surface area contributed by atoms with Gasteiger partial charge in [0.15, 0.2) is 6.61 Å². The van der Waals surface area contributed by atoms with Crippen LogP contribution in [-0.2, 0) is 11.3 Å². The Morgan fingerprint density at radius 2 is 2.28 bits per heavy atom. The van der Waals surface area contributed by atoms with Gasteiger partial charge in [0.1, 0.15) is 0 Å². The van der Waals surface area contributed by atoms with Gasteiger partial charge in [-0.15, -0.1) is 0 Å². The van der Waals surface area contributed by atoms with E-state index in [0.717, 1.165) is 6.42 Å².